The summed E-state index contributed by atoms with van der Waals surface area (Å²) in [6.07, 6.45) is 1.49. The number of aromatic amines is 1. The van der Waals surface area contributed by atoms with E-state index in [2.05, 4.69) is 39.2 Å². The predicted octanol–water partition coefficient (Wildman–Crippen LogP) is 2.90. The van der Waals surface area contributed by atoms with E-state index in [1.165, 1.54) is 11.2 Å². The Balaban J connectivity index is 2.08. The fourth-order valence-corrected chi connectivity index (χ4v) is 2.55. The van der Waals surface area contributed by atoms with Crippen molar-refractivity contribution in [2.45, 2.75) is 6.92 Å². The second kappa shape index (κ2) is 4.10. The first kappa shape index (κ1) is 10.2. The monoisotopic (exact) mass is 242 g/mol. The molecule has 0 saturated carbocycles. The summed E-state index contributed by atoms with van der Waals surface area (Å²) in [6.45, 7) is 2.07. The Hall–Kier alpha value is -2.01. The number of hydrogen-bond acceptors (Lipinski definition) is 4. The minimum atomic E-state index is 0.722. The summed E-state index contributed by atoms with van der Waals surface area (Å²) in [5, 5.41) is 7.55. The third kappa shape index (κ3) is 1.85. The number of nitrogens with one attached hydrogen (secondary N) is 1. The van der Waals surface area contributed by atoms with Crippen molar-refractivity contribution in [3.63, 3.8) is 0 Å². The zero-order chi connectivity index (χ0) is 11.7. The van der Waals surface area contributed by atoms with E-state index < -0.39 is 0 Å². The van der Waals surface area contributed by atoms with Crippen LogP contribution in [0.5, 0.6) is 0 Å². The first-order chi connectivity index (χ1) is 8.34. The Morgan fingerprint density at radius 3 is 2.71 bits per heavy atom. The summed E-state index contributed by atoms with van der Waals surface area (Å²) in [7, 11) is 0. The standard InChI is InChI=1S/C12H10N4S/c1-8-10(9-5-3-2-4-6-9)15-12(17-8)11-13-7-14-16-11/h2-7H,1H3,(H,13,14,16). The Labute approximate surface area is 102 Å². The highest BCUT2D eigenvalue weighted by molar-refractivity contribution is 7.15. The molecule has 0 fully saturated rings. The second-order valence-corrected chi connectivity index (χ2v) is 4.83. The van der Waals surface area contributed by atoms with Gasteiger partial charge in [-0.1, -0.05) is 30.3 Å². The minimum absolute atomic E-state index is 0.722. The molecule has 0 bridgehead atoms. The number of aryl methyl sites for hydroxylation is 1. The Kier molecular flexibility index (Phi) is 2.45. The van der Waals surface area contributed by atoms with E-state index >= 15 is 0 Å². The van der Waals surface area contributed by atoms with Crippen molar-refractivity contribution >= 4 is 11.3 Å². The van der Waals surface area contributed by atoms with E-state index in [9.17, 15) is 0 Å². The normalized spacial score (nSPS) is 10.6. The molecule has 0 aliphatic heterocycles. The van der Waals surface area contributed by atoms with E-state index in [0.29, 0.717) is 0 Å². The zero-order valence-corrected chi connectivity index (χ0v) is 10.0. The predicted molar refractivity (Wildman–Crippen MR) is 67.7 cm³/mol. The molecule has 3 rings (SSSR count). The summed E-state index contributed by atoms with van der Waals surface area (Å²) in [6, 6.07) is 10.2. The van der Waals surface area contributed by atoms with Crippen LogP contribution < -0.4 is 0 Å². The van der Waals surface area contributed by atoms with Crippen molar-refractivity contribution in [2.75, 3.05) is 0 Å². The molecule has 5 heteroatoms. The van der Waals surface area contributed by atoms with Gasteiger partial charge in [-0.25, -0.2) is 9.97 Å². The molecule has 2 aromatic heterocycles. The fourth-order valence-electron chi connectivity index (χ4n) is 1.67. The van der Waals surface area contributed by atoms with Crippen LogP contribution in [-0.4, -0.2) is 20.2 Å². The SMILES string of the molecule is Cc1sc(-c2ncn[nH]2)nc1-c1ccccc1. The number of H-pyrrole nitrogens is 1. The molecule has 2 heterocycles. The summed E-state index contributed by atoms with van der Waals surface area (Å²) in [5.74, 6) is 0.722. The van der Waals surface area contributed by atoms with Crippen LogP contribution in [0.4, 0.5) is 0 Å². The van der Waals surface area contributed by atoms with Crippen molar-refractivity contribution in [3.8, 4) is 22.1 Å². The van der Waals surface area contributed by atoms with Gasteiger partial charge in [0, 0.05) is 10.4 Å². The lowest BCUT2D eigenvalue weighted by atomic mass is 10.1. The van der Waals surface area contributed by atoms with Crippen molar-refractivity contribution in [2.24, 2.45) is 0 Å². The lowest BCUT2D eigenvalue weighted by Gasteiger charge is -1.96. The van der Waals surface area contributed by atoms with Gasteiger partial charge in [-0.2, -0.15) is 5.10 Å². The van der Waals surface area contributed by atoms with Gasteiger partial charge in [-0.05, 0) is 6.92 Å². The quantitative estimate of drug-likeness (QED) is 0.751. The molecule has 17 heavy (non-hydrogen) atoms. The summed E-state index contributed by atoms with van der Waals surface area (Å²) in [5.41, 5.74) is 2.15. The Bertz CT molecular complexity index is 613. The second-order valence-electron chi connectivity index (χ2n) is 3.62. The van der Waals surface area contributed by atoms with Gasteiger partial charge in [0.1, 0.15) is 6.33 Å². The highest BCUT2D eigenvalue weighted by Gasteiger charge is 2.12. The molecular formula is C12H10N4S. The maximum Gasteiger partial charge on any atom is 0.184 e. The largest absolute Gasteiger partial charge is 0.257 e. The topological polar surface area (TPSA) is 54.5 Å². The molecule has 0 atom stereocenters. The van der Waals surface area contributed by atoms with Crippen LogP contribution in [0.1, 0.15) is 4.88 Å². The molecule has 0 spiro atoms. The van der Waals surface area contributed by atoms with Crippen LogP contribution in [0.3, 0.4) is 0 Å². The number of nitrogens with zero attached hydrogens (tertiary/aromatic N) is 3. The minimum Gasteiger partial charge on any atom is -0.257 e. The first-order valence-electron chi connectivity index (χ1n) is 5.23. The molecule has 0 radical (unpaired) electrons. The summed E-state index contributed by atoms with van der Waals surface area (Å²) in [4.78, 5) is 9.91. The maximum atomic E-state index is 4.61. The molecule has 0 unspecified atom stereocenters. The lowest BCUT2D eigenvalue weighted by Crippen LogP contribution is -1.82. The maximum absolute atomic E-state index is 4.61. The van der Waals surface area contributed by atoms with Gasteiger partial charge in [-0.15, -0.1) is 11.3 Å². The fraction of sp³-hybridized carbons (Fsp3) is 0.0833. The summed E-state index contributed by atoms with van der Waals surface area (Å²) >= 11 is 1.62. The third-order valence-electron chi connectivity index (χ3n) is 2.46. The van der Waals surface area contributed by atoms with E-state index in [-0.39, 0.29) is 0 Å². The molecule has 1 aromatic carbocycles. The van der Waals surface area contributed by atoms with E-state index in [1.807, 2.05) is 18.2 Å². The summed E-state index contributed by atoms with van der Waals surface area (Å²) < 4.78 is 0. The highest BCUT2D eigenvalue weighted by Crippen LogP contribution is 2.31. The van der Waals surface area contributed by atoms with Gasteiger partial charge in [0.25, 0.3) is 0 Å². The van der Waals surface area contributed by atoms with E-state index in [0.717, 1.165) is 22.1 Å². The molecule has 0 amide bonds. The molecule has 84 valence electrons. The molecule has 0 aliphatic rings. The molecule has 1 N–H and O–H groups in total. The van der Waals surface area contributed by atoms with Gasteiger partial charge >= 0.3 is 0 Å². The molecule has 4 nitrogen and oxygen atoms in total. The number of hydrogen-bond donors (Lipinski definition) is 1. The lowest BCUT2D eigenvalue weighted by molar-refractivity contribution is 1.09. The van der Waals surface area contributed by atoms with Crippen LogP contribution in [0.25, 0.3) is 22.1 Å². The highest BCUT2D eigenvalue weighted by atomic mass is 32.1. The van der Waals surface area contributed by atoms with Crippen LogP contribution in [0, 0.1) is 6.92 Å². The van der Waals surface area contributed by atoms with Crippen LogP contribution in [-0.2, 0) is 0 Å². The van der Waals surface area contributed by atoms with Crippen LogP contribution in [0.15, 0.2) is 36.7 Å². The Morgan fingerprint density at radius 1 is 1.18 bits per heavy atom. The smallest absolute Gasteiger partial charge is 0.184 e. The average Bonchev–Trinajstić information content (AvgIpc) is 2.99. The number of aromatic nitrogens is 4. The average molecular weight is 242 g/mol. The number of benzene rings is 1. The molecule has 3 aromatic rings. The van der Waals surface area contributed by atoms with Crippen molar-refractivity contribution in [3.05, 3.63) is 41.5 Å². The van der Waals surface area contributed by atoms with Gasteiger partial charge < -0.3 is 0 Å². The van der Waals surface area contributed by atoms with Crippen LogP contribution >= 0.6 is 11.3 Å². The zero-order valence-electron chi connectivity index (χ0n) is 9.21. The van der Waals surface area contributed by atoms with E-state index in [1.54, 1.807) is 11.3 Å². The molecular weight excluding hydrogens is 232 g/mol. The number of thiazole rings is 1. The van der Waals surface area contributed by atoms with Gasteiger partial charge in [0.15, 0.2) is 10.8 Å². The number of rotatable bonds is 2. The van der Waals surface area contributed by atoms with Crippen molar-refractivity contribution in [1.82, 2.24) is 20.2 Å². The molecule has 0 saturated heterocycles. The van der Waals surface area contributed by atoms with Crippen LogP contribution in [0.2, 0.25) is 0 Å². The van der Waals surface area contributed by atoms with Gasteiger partial charge in [0.05, 0.1) is 5.69 Å². The van der Waals surface area contributed by atoms with Gasteiger partial charge in [-0.3, -0.25) is 5.10 Å². The Morgan fingerprint density at radius 2 is 2.00 bits per heavy atom. The van der Waals surface area contributed by atoms with Crippen molar-refractivity contribution < 1.29 is 0 Å². The van der Waals surface area contributed by atoms with Crippen molar-refractivity contribution in [1.29, 1.82) is 0 Å². The first-order valence-corrected chi connectivity index (χ1v) is 6.05. The molecule has 0 aliphatic carbocycles. The third-order valence-corrected chi connectivity index (χ3v) is 3.44. The van der Waals surface area contributed by atoms with Gasteiger partial charge in [0.2, 0.25) is 0 Å². The van der Waals surface area contributed by atoms with E-state index in [4.69, 9.17) is 0 Å².